The lowest BCUT2D eigenvalue weighted by molar-refractivity contribution is -0.141. The molecule has 8 nitrogen and oxygen atoms in total. The van der Waals surface area contributed by atoms with Gasteiger partial charge in [-0.1, -0.05) is 51.1 Å². The summed E-state index contributed by atoms with van der Waals surface area (Å²) in [6.45, 7) is 11.1. The summed E-state index contributed by atoms with van der Waals surface area (Å²) in [6.07, 6.45) is 1.46. The first-order chi connectivity index (χ1) is 17.2. The summed E-state index contributed by atoms with van der Waals surface area (Å²) in [6, 6.07) is 13.6. The molecule has 0 fully saturated rings. The van der Waals surface area contributed by atoms with E-state index in [9.17, 15) is 18.0 Å². The van der Waals surface area contributed by atoms with Crippen molar-refractivity contribution in [1.82, 2.24) is 10.2 Å². The van der Waals surface area contributed by atoms with E-state index in [0.29, 0.717) is 17.9 Å². The van der Waals surface area contributed by atoms with E-state index in [1.54, 1.807) is 31.4 Å². The predicted octanol–water partition coefficient (Wildman–Crippen LogP) is 4.31. The summed E-state index contributed by atoms with van der Waals surface area (Å²) in [7, 11) is -2.22. The Morgan fingerprint density at radius 2 is 1.62 bits per heavy atom. The molecule has 1 atom stereocenters. The molecule has 1 N–H and O–H groups in total. The molecule has 0 aliphatic heterocycles. The minimum atomic E-state index is -3.80. The smallest absolute Gasteiger partial charge is 0.244 e. The highest BCUT2D eigenvalue weighted by molar-refractivity contribution is 7.92. The molecule has 0 radical (unpaired) electrons. The first-order valence-corrected chi connectivity index (χ1v) is 14.3. The molecule has 2 amide bonds. The highest BCUT2D eigenvalue weighted by Crippen LogP contribution is 2.29. The number of hydrogen-bond donors (Lipinski definition) is 1. The number of para-hydroxylation sites is 1. The van der Waals surface area contributed by atoms with E-state index in [1.807, 2.05) is 65.8 Å². The molecule has 9 heteroatoms. The Balaban J connectivity index is 2.52. The van der Waals surface area contributed by atoms with Gasteiger partial charge < -0.3 is 15.0 Å². The predicted molar refractivity (Wildman–Crippen MR) is 148 cm³/mol. The molecule has 0 aromatic heterocycles. The van der Waals surface area contributed by atoms with Crippen molar-refractivity contribution in [3.05, 3.63) is 59.7 Å². The zero-order chi connectivity index (χ0) is 28.0. The summed E-state index contributed by atoms with van der Waals surface area (Å²) in [4.78, 5) is 28.6. The second-order valence-corrected chi connectivity index (χ2v) is 12.4. The Labute approximate surface area is 222 Å². The molecule has 0 saturated heterocycles. The largest absolute Gasteiger partial charge is 0.497 e. The SMILES string of the molecule is CC[C@@H](C(=O)NC(C)(C)C)N(Cc1ccc(OC)cc1)C(=O)CN(c1ccccc1C(C)C)S(C)(=O)=O. The van der Waals surface area contributed by atoms with E-state index in [2.05, 4.69) is 5.32 Å². The molecule has 0 spiro atoms. The van der Waals surface area contributed by atoms with Gasteiger partial charge in [-0.15, -0.1) is 0 Å². The number of carbonyl (C=O) groups excluding carboxylic acids is 2. The highest BCUT2D eigenvalue weighted by Gasteiger charge is 2.33. The molecule has 0 heterocycles. The second-order valence-electron chi connectivity index (χ2n) is 10.5. The molecule has 204 valence electrons. The van der Waals surface area contributed by atoms with Gasteiger partial charge in [0.2, 0.25) is 21.8 Å². The molecular formula is C28H41N3O5S. The normalized spacial score (nSPS) is 12.7. The number of rotatable bonds is 11. The number of sulfonamides is 1. The van der Waals surface area contributed by atoms with Crippen molar-refractivity contribution in [2.24, 2.45) is 0 Å². The Hall–Kier alpha value is -3.07. The standard InChI is InChI=1S/C28H41N3O5S/c1-9-24(27(33)29-28(4,5)6)30(18-21-14-16-22(36-7)17-15-21)26(32)19-31(37(8,34)35)25-13-11-10-12-23(25)20(2)3/h10-17,20,24H,9,18-19H2,1-8H3,(H,29,33)/t24-/m0/s1. The summed E-state index contributed by atoms with van der Waals surface area (Å²) >= 11 is 0. The average Bonchev–Trinajstić information content (AvgIpc) is 2.80. The Morgan fingerprint density at radius 1 is 1.03 bits per heavy atom. The van der Waals surface area contributed by atoms with Crippen molar-refractivity contribution in [2.75, 3.05) is 24.2 Å². The lowest BCUT2D eigenvalue weighted by Gasteiger charge is -2.35. The highest BCUT2D eigenvalue weighted by atomic mass is 32.2. The van der Waals surface area contributed by atoms with Crippen molar-refractivity contribution in [3.8, 4) is 5.75 Å². The number of nitrogens with zero attached hydrogens (tertiary/aromatic N) is 2. The second kappa shape index (κ2) is 12.4. The maximum absolute atomic E-state index is 13.9. The zero-order valence-corrected chi connectivity index (χ0v) is 24.1. The molecule has 0 aliphatic carbocycles. The zero-order valence-electron chi connectivity index (χ0n) is 23.2. The van der Waals surface area contributed by atoms with E-state index in [1.165, 1.54) is 4.90 Å². The van der Waals surface area contributed by atoms with Crippen LogP contribution in [0.2, 0.25) is 0 Å². The van der Waals surface area contributed by atoms with E-state index in [0.717, 1.165) is 21.7 Å². The van der Waals surface area contributed by atoms with Gasteiger partial charge in [0.1, 0.15) is 18.3 Å². The first kappa shape index (κ1) is 30.2. The van der Waals surface area contributed by atoms with Crippen molar-refractivity contribution in [1.29, 1.82) is 0 Å². The van der Waals surface area contributed by atoms with Crippen molar-refractivity contribution < 1.29 is 22.7 Å². The van der Waals surface area contributed by atoms with Crippen LogP contribution in [0.15, 0.2) is 48.5 Å². The van der Waals surface area contributed by atoms with Crippen LogP contribution in [0.1, 0.15) is 65.0 Å². The van der Waals surface area contributed by atoms with Gasteiger partial charge in [-0.25, -0.2) is 8.42 Å². The number of hydrogen-bond acceptors (Lipinski definition) is 5. The third kappa shape index (κ3) is 8.49. The summed E-state index contributed by atoms with van der Waals surface area (Å²) in [5.74, 6) is -0.0272. The molecule has 2 aromatic rings. The quantitative estimate of drug-likeness (QED) is 0.466. The molecule has 0 unspecified atom stereocenters. The minimum Gasteiger partial charge on any atom is -0.497 e. The van der Waals surface area contributed by atoms with Crippen LogP contribution in [0.25, 0.3) is 0 Å². The summed E-state index contributed by atoms with van der Waals surface area (Å²) < 4.78 is 32.2. The lowest BCUT2D eigenvalue weighted by Crippen LogP contribution is -2.55. The van der Waals surface area contributed by atoms with Crippen LogP contribution < -0.4 is 14.4 Å². The van der Waals surface area contributed by atoms with Gasteiger partial charge in [0.15, 0.2) is 0 Å². The Bertz CT molecular complexity index is 1170. The molecule has 2 rings (SSSR count). The molecule has 37 heavy (non-hydrogen) atoms. The third-order valence-corrected chi connectivity index (χ3v) is 7.03. The molecule has 0 aliphatic rings. The maximum Gasteiger partial charge on any atom is 0.244 e. The molecule has 0 bridgehead atoms. The van der Waals surface area contributed by atoms with Gasteiger partial charge in [-0.05, 0) is 62.4 Å². The van der Waals surface area contributed by atoms with E-state index in [4.69, 9.17) is 4.74 Å². The topological polar surface area (TPSA) is 96.0 Å². The van der Waals surface area contributed by atoms with Gasteiger partial charge in [0.25, 0.3) is 0 Å². The monoisotopic (exact) mass is 531 g/mol. The fourth-order valence-corrected chi connectivity index (χ4v) is 4.97. The van der Waals surface area contributed by atoms with Gasteiger partial charge >= 0.3 is 0 Å². The fourth-order valence-electron chi connectivity index (χ4n) is 4.10. The number of amides is 2. The first-order valence-electron chi connectivity index (χ1n) is 12.5. The fraction of sp³-hybridized carbons (Fsp3) is 0.500. The van der Waals surface area contributed by atoms with E-state index < -0.39 is 34.1 Å². The maximum atomic E-state index is 13.9. The van der Waals surface area contributed by atoms with Crippen LogP contribution in [0.3, 0.4) is 0 Å². The Kier molecular flexibility index (Phi) is 10.1. The van der Waals surface area contributed by atoms with Crippen molar-refractivity contribution in [3.63, 3.8) is 0 Å². The van der Waals surface area contributed by atoms with Crippen molar-refractivity contribution in [2.45, 2.75) is 72.0 Å². The summed E-state index contributed by atoms with van der Waals surface area (Å²) in [5.41, 5.74) is 1.59. The third-order valence-electron chi connectivity index (χ3n) is 5.90. The number of methoxy groups -OCH3 is 1. The number of carbonyl (C=O) groups is 2. The van der Waals surface area contributed by atoms with Gasteiger partial charge in [0.05, 0.1) is 19.1 Å². The molecule has 2 aromatic carbocycles. The van der Waals surface area contributed by atoms with Crippen LogP contribution in [0, 0.1) is 0 Å². The minimum absolute atomic E-state index is 0.0481. The Morgan fingerprint density at radius 3 is 2.11 bits per heavy atom. The van der Waals surface area contributed by atoms with Crippen LogP contribution in [0.4, 0.5) is 5.69 Å². The molecule has 0 saturated carbocycles. The summed E-state index contributed by atoms with van der Waals surface area (Å²) in [5, 5.41) is 2.96. The van der Waals surface area contributed by atoms with E-state index >= 15 is 0 Å². The average molecular weight is 532 g/mol. The van der Waals surface area contributed by atoms with Gasteiger partial charge in [-0.3, -0.25) is 13.9 Å². The number of nitrogens with one attached hydrogen (secondary N) is 1. The van der Waals surface area contributed by atoms with Gasteiger partial charge in [0, 0.05) is 12.1 Å². The number of anilines is 1. The lowest BCUT2D eigenvalue weighted by atomic mass is 10.0. The van der Waals surface area contributed by atoms with Crippen molar-refractivity contribution >= 4 is 27.5 Å². The molecular weight excluding hydrogens is 490 g/mol. The van der Waals surface area contributed by atoms with E-state index in [-0.39, 0.29) is 18.4 Å². The van der Waals surface area contributed by atoms with Crippen LogP contribution in [-0.4, -0.2) is 56.6 Å². The number of ether oxygens (including phenoxy) is 1. The van der Waals surface area contributed by atoms with Crippen LogP contribution in [-0.2, 0) is 26.2 Å². The number of benzene rings is 2. The van der Waals surface area contributed by atoms with Gasteiger partial charge in [-0.2, -0.15) is 0 Å². The van der Waals surface area contributed by atoms with Crippen LogP contribution >= 0.6 is 0 Å². The van der Waals surface area contributed by atoms with Crippen LogP contribution in [0.5, 0.6) is 5.75 Å².